The number of hydrogen-bond acceptors (Lipinski definition) is 4. The van der Waals surface area contributed by atoms with Crippen molar-refractivity contribution in [2.75, 3.05) is 31.7 Å². The van der Waals surface area contributed by atoms with Crippen molar-refractivity contribution in [3.8, 4) is 5.75 Å². The first-order valence-corrected chi connectivity index (χ1v) is 5.09. The maximum atomic E-state index is 5.56. The molecule has 0 bridgehead atoms. The van der Waals surface area contributed by atoms with Crippen LogP contribution in [-0.2, 0) is 4.84 Å². The number of fused-ring (bicyclic) bond motifs is 1. The second kappa shape index (κ2) is 4.46. The summed E-state index contributed by atoms with van der Waals surface area (Å²) in [6.45, 7) is 4.70. The summed E-state index contributed by atoms with van der Waals surface area (Å²) in [5, 5.41) is 0. The Balaban J connectivity index is 2.27. The molecular weight excluding hydrogens is 194 g/mol. The molecule has 0 radical (unpaired) electrons. The third kappa shape index (κ3) is 2.03. The highest BCUT2D eigenvalue weighted by Crippen LogP contribution is 2.29. The topological polar surface area (TPSA) is 51.2 Å². The van der Waals surface area contributed by atoms with Crippen molar-refractivity contribution < 1.29 is 15.1 Å². The molecule has 2 rings (SSSR count). The van der Waals surface area contributed by atoms with Gasteiger partial charge in [0.25, 0.3) is 0 Å². The fourth-order valence-electron chi connectivity index (χ4n) is 1.68. The van der Waals surface area contributed by atoms with Gasteiger partial charge in [-0.2, -0.15) is 5.48 Å². The van der Waals surface area contributed by atoms with Crippen molar-refractivity contribution in [2.45, 2.75) is 6.92 Å². The first-order valence-electron chi connectivity index (χ1n) is 5.09. The van der Waals surface area contributed by atoms with E-state index in [1.807, 2.05) is 6.07 Å². The lowest BCUT2D eigenvalue weighted by atomic mass is 10.3. The Morgan fingerprint density at radius 1 is 1.67 bits per heavy atom. The molecule has 1 aromatic heterocycles. The maximum Gasteiger partial charge on any atom is 0.184 e. The molecule has 1 aliphatic rings. The summed E-state index contributed by atoms with van der Waals surface area (Å²) in [6.07, 6.45) is 1.79. The third-order valence-electron chi connectivity index (χ3n) is 2.41. The Bertz CT molecular complexity index is 343. The van der Waals surface area contributed by atoms with E-state index in [9.17, 15) is 0 Å². The summed E-state index contributed by atoms with van der Waals surface area (Å²) < 4.78 is 5.56. The number of hydrogen-bond donors (Lipinski definition) is 1. The molecule has 0 unspecified atom stereocenters. The van der Waals surface area contributed by atoms with Crippen LogP contribution in [-0.4, -0.2) is 31.8 Å². The Kier molecular flexibility index (Phi) is 3.03. The fourth-order valence-corrected chi connectivity index (χ4v) is 1.68. The predicted octanol–water partition coefficient (Wildman–Crippen LogP) is 0.0566. The molecule has 15 heavy (non-hydrogen) atoms. The minimum absolute atomic E-state index is 0.721. The largest absolute Gasteiger partial charge is 0.488 e. The highest BCUT2D eigenvalue weighted by molar-refractivity contribution is 5.57. The number of quaternary nitrogens is 1. The second-order valence-corrected chi connectivity index (χ2v) is 3.37. The van der Waals surface area contributed by atoms with E-state index in [1.54, 1.807) is 18.8 Å². The number of aromatic nitrogens is 1. The highest BCUT2D eigenvalue weighted by atomic mass is 16.6. The Labute approximate surface area is 89.0 Å². The maximum absolute atomic E-state index is 5.56. The molecule has 2 N–H and O–H groups in total. The van der Waals surface area contributed by atoms with Crippen LogP contribution in [0.5, 0.6) is 5.75 Å². The van der Waals surface area contributed by atoms with Crippen LogP contribution in [0.2, 0.25) is 0 Å². The lowest BCUT2D eigenvalue weighted by Gasteiger charge is -2.28. The van der Waals surface area contributed by atoms with Gasteiger partial charge in [-0.3, -0.25) is 0 Å². The zero-order chi connectivity index (χ0) is 10.7. The molecular formula is C10H16N3O2+. The molecule has 0 saturated carbocycles. The molecule has 1 aromatic rings. The van der Waals surface area contributed by atoms with E-state index >= 15 is 0 Å². The Morgan fingerprint density at radius 2 is 2.53 bits per heavy atom. The standard InChI is InChI=1S/C10H15N3O2/c1-3-13-4-5-15-9-6-8(12-14-2)7-11-10(9)13/h6-7,12H,3-5H2,1-2H3/p+1. The summed E-state index contributed by atoms with van der Waals surface area (Å²) in [6, 6.07) is 1.95. The summed E-state index contributed by atoms with van der Waals surface area (Å²) >= 11 is 0. The van der Waals surface area contributed by atoms with Gasteiger partial charge in [-0.05, 0) is 6.92 Å². The smallest absolute Gasteiger partial charge is 0.184 e. The van der Waals surface area contributed by atoms with Crippen LogP contribution in [0.25, 0.3) is 0 Å². The summed E-state index contributed by atoms with van der Waals surface area (Å²) in [5.74, 6) is 1.77. The number of pyridine rings is 1. The third-order valence-corrected chi connectivity index (χ3v) is 2.41. The van der Waals surface area contributed by atoms with Crippen LogP contribution in [0.1, 0.15) is 6.92 Å². The van der Waals surface area contributed by atoms with Gasteiger partial charge < -0.3 is 9.64 Å². The van der Waals surface area contributed by atoms with Gasteiger partial charge in [0.1, 0.15) is 6.61 Å². The Hall–Kier alpha value is -1.33. The molecule has 82 valence electrons. The van der Waals surface area contributed by atoms with E-state index in [2.05, 4.69) is 16.8 Å². The van der Waals surface area contributed by atoms with Crippen LogP contribution < -0.4 is 15.1 Å². The van der Waals surface area contributed by atoms with Gasteiger partial charge in [0.15, 0.2) is 17.3 Å². The van der Waals surface area contributed by atoms with Gasteiger partial charge in [-0.15, -0.1) is 0 Å². The minimum atomic E-state index is 0.721. The number of nitrogens with two attached hydrogens (primary N) is 1. The van der Waals surface area contributed by atoms with E-state index in [0.717, 1.165) is 37.0 Å². The van der Waals surface area contributed by atoms with Crippen molar-refractivity contribution in [3.63, 3.8) is 0 Å². The van der Waals surface area contributed by atoms with Crippen LogP contribution >= 0.6 is 0 Å². The van der Waals surface area contributed by atoms with E-state index in [4.69, 9.17) is 9.57 Å². The van der Waals surface area contributed by atoms with Crippen LogP contribution in [0, 0.1) is 0 Å². The first-order chi connectivity index (χ1) is 7.35. The predicted molar refractivity (Wildman–Crippen MR) is 56.2 cm³/mol. The number of likely N-dealkylation sites (N-methyl/N-ethyl adjacent to an activating group) is 1. The molecule has 0 aromatic carbocycles. The molecule has 0 fully saturated rings. The Morgan fingerprint density at radius 3 is 3.27 bits per heavy atom. The summed E-state index contributed by atoms with van der Waals surface area (Å²) in [5.41, 5.74) is 2.58. The molecule has 0 atom stereocenters. The number of ether oxygens (including phenoxy) is 1. The van der Waals surface area contributed by atoms with Crippen LogP contribution in [0.15, 0.2) is 12.3 Å². The lowest BCUT2D eigenvalue weighted by Crippen LogP contribution is -2.76. The van der Waals surface area contributed by atoms with Crippen LogP contribution in [0.4, 0.5) is 11.5 Å². The average Bonchev–Trinajstić information content (AvgIpc) is 2.28. The first kappa shape index (κ1) is 10.2. The van der Waals surface area contributed by atoms with E-state index < -0.39 is 0 Å². The summed E-state index contributed by atoms with van der Waals surface area (Å²) in [7, 11) is 1.62. The van der Waals surface area contributed by atoms with Crippen molar-refractivity contribution in [3.05, 3.63) is 12.3 Å². The van der Waals surface area contributed by atoms with Gasteiger partial charge in [0.2, 0.25) is 0 Å². The number of rotatable bonds is 3. The van der Waals surface area contributed by atoms with Gasteiger partial charge in [-0.25, -0.2) is 9.82 Å². The van der Waals surface area contributed by atoms with Gasteiger partial charge in [-0.1, -0.05) is 0 Å². The lowest BCUT2D eigenvalue weighted by molar-refractivity contribution is -0.830. The van der Waals surface area contributed by atoms with Gasteiger partial charge in [0.05, 0.1) is 19.9 Å². The normalized spacial score (nSPS) is 14.7. The number of anilines is 1. The molecule has 0 saturated heterocycles. The highest BCUT2D eigenvalue weighted by Gasteiger charge is 2.19. The molecule has 5 heteroatoms. The second-order valence-electron chi connectivity index (χ2n) is 3.37. The fraction of sp³-hybridized carbons (Fsp3) is 0.500. The van der Waals surface area contributed by atoms with E-state index in [-0.39, 0.29) is 0 Å². The minimum Gasteiger partial charge on any atom is -0.488 e. The zero-order valence-corrected chi connectivity index (χ0v) is 9.06. The molecule has 2 heterocycles. The van der Waals surface area contributed by atoms with Gasteiger partial charge >= 0.3 is 0 Å². The number of nitrogens with zero attached hydrogens (tertiary/aromatic N) is 2. The van der Waals surface area contributed by atoms with E-state index in [0.29, 0.717) is 0 Å². The monoisotopic (exact) mass is 210 g/mol. The molecule has 1 aliphatic heterocycles. The van der Waals surface area contributed by atoms with Crippen molar-refractivity contribution in [2.24, 2.45) is 0 Å². The molecule has 0 amide bonds. The van der Waals surface area contributed by atoms with E-state index in [1.165, 1.54) is 0 Å². The summed E-state index contributed by atoms with van der Waals surface area (Å²) in [4.78, 5) is 11.5. The zero-order valence-electron chi connectivity index (χ0n) is 9.06. The van der Waals surface area contributed by atoms with Crippen molar-refractivity contribution >= 4 is 11.5 Å². The quantitative estimate of drug-likeness (QED) is 0.717. The molecule has 5 nitrogen and oxygen atoms in total. The van der Waals surface area contributed by atoms with Crippen molar-refractivity contribution in [1.29, 1.82) is 0 Å². The SMILES string of the molecule is CCN1CCOc2cc([NH2+]OC)cnc21. The molecule has 0 aliphatic carbocycles. The average molecular weight is 210 g/mol. The molecule has 0 spiro atoms. The van der Waals surface area contributed by atoms with Gasteiger partial charge in [0, 0.05) is 12.6 Å². The van der Waals surface area contributed by atoms with Crippen LogP contribution in [0.3, 0.4) is 0 Å². The van der Waals surface area contributed by atoms with Crippen molar-refractivity contribution in [1.82, 2.24) is 4.98 Å².